The van der Waals surface area contributed by atoms with Gasteiger partial charge in [0.2, 0.25) is 0 Å². The molecule has 0 aromatic carbocycles. The van der Waals surface area contributed by atoms with E-state index in [1.165, 1.54) is 0 Å². The van der Waals surface area contributed by atoms with Crippen LogP contribution in [-0.4, -0.2) is 68.3 Å². The Bertz CT molecular complexity index is 302. The molecule has 0 unspecified atom stereocenters. The van der Waals surface area contributed by atoms with Gasteiger partial charge in [-0.15, -0.1) is 0 Å². The van der Waals surface area contributed by atoms with Crippen LogP contribution in [-0.2, 0) is 26.6 Å². The molecule has 0 aliphatic heterocycles. The van der Waals surface area contributed by atoms with Gasteiger partial charge in [-0.1, -0.05) is 24.5 Å². The Hall–Kier alpha value is -0.109. The summed E-state index contributed by atoms with van der Waals surface area (Å²) in [5.41, 5.74) is 8.07. The molecule has 0 heterocycles. The highest BCUT2D eigenvalue weighted by atomic mass is 28.4. The molecule has 0 atom stereocenters. The first-order valence-corrected chi connectivity index (χ1v) is 13.3. The zero-order chi connectivity index (χ0) is 16.6. The molecule has 0 aromatic heterocycles. The Morgan fingerprint density at radius 2 is 0.714 bits per heavy atom. The van der Waals surface area contributed by atoms with E-state index in [9.17, 15) is 0 Å². The van der Waals surface area contributed by atoms with Crippen molar-refractivity contribution in [2.45, 2.75) is 13.1 Å². The van der Waals surface area contributed by atoms with E-state index in [0.29, 0.717) is 0 Å². The van der Waals surface area contributed by atoms with Crippen molar-refractivity contribution in [3.63, 3.8) is 0 Å². The molecule has 0 fully saturated rings. The lowest BCUT2D eigenvalue weighted by atomic mass is 11.2. The second-order valence-electron chi connectivity index (χ2n) is 4.92. The van der Waals surface area contributed by atoms with E-state index in [1.54, 1.807) is 42.7 Å². The Balaban J connectivity index is 5.14. The molecule has 9 heteroatoms. The number of hydrogen-bond donors (Lipinski definition) is 0. The fourth-order valence-corrected chi connectivity index (χ4v) is 8.59. The van der Waals surface area contributed by atoms with Crippen LogP contribution in [0.2, 0.25) is 13.1 Å². The van der Waals surface area contributed by atoms with E-state index >= 15 is 0 Å². The summed E-state index contributed by atoms with van der Waals surface area (Å²) in [6, 6.07) is 0. The van der Waals surface area contributed by atoms with Crippen LogP contribution in [0.25, 0.3) is 0 Å². The number of hydrogen-bond acceptors (Lipinski definition) is 6. The van der Waals surface area contributed by atoms with E-state index < -0.39 is 25.7 Å². The molecule has 0 aliphatic carbocycles. The van der Waals surface area contributed by atoms with Gasteiger partial charge in [-0.25, -0.2) is 0 Å². The molecule has 0 saturated heterocycles. The average Bonchev–Trinajstić information content (AvgIpc) is 2.51. The fourth-order valence-electron chi connectivity index (χ4n) is 1.60. The average molecular weight is 353 g/mol. The van der Waals surface area contributed by atoms with Gasteiger partial charge < -0.3 is 26.6 Å². The van der Waals surface area contributed by atoms with Crippen LogP contribution >= 0.6 is 0 Å². The molecule has 0 aromatic rings. The van der Waals surface area contributed by atoms with Crippen molar-refractivity contribution in [3.8, 4) is 0 Å². The molecule has 124 valence electrons. The minimum atomic E-state index is -2.69. The van der Waals surface area contributed by atoms with Gasteiger partial charge >= 0.3 is 17.6 Å². The van der Waals surface area contributed by atoms with Gasteiger partial charge in [0.15, 0.2) is 0 Å². The molecule has 0 bridgehead atoms. The third kappa shape index (κ3) is 6.26. The quantitative estimate of drug-likeness (QED) is 0.558. The largest absolute Gasteiger partial charge is 0.528 e. The van der Waals surface area contributed by atoms with Gasteiger partial charge in [-0.2, -0.15) is 0 Å². The molecule has 0 spiro atoms. The molecule has 0 amide bonds. The van der Waals surface area contributed by atoms with Gasteiger partial charge in [0.25, 0.3) is 0 Å². The molecular formula is C12H28O6Si3. The van der Waals surface area contributed by atoms with E-state index in [2.05, 4.69) is 24.5 Å². The van der Waals surface area contributed by atoms with Crippen molar-refractivity contribution in [1.29, 1.82) is 0 Å². The van der Waals surface area contributed by atoms with Crippen molar-refractivity contribution in [2.24, 2.45) is 0 Å². The molecular weight excluding hydrogens is 324 g/mol. The maximum atomic E-state index is 5.38. The molecule has 0 N–H and O–H groups in total. The van der Waals surface area contributed by atoms with Gasteiger partial charge in [0.05, 0.1) is 8.07 Å². The SMILES string of the molecule is CO[Si](C=C[Si](C)(C)C=C[Si](OC)(OC)OC)(OC)OC. The Morgan fingerprint density at radius 1 is 0.476 bits per heavy atom. The van der Waals surface area contributed by atoms with Crippen LogP contribution in [0.3, 0.4) is 0 Å². The predicted molar refractivity (Wildman–Crippen MR) is 89.3 cm³/mol. The topological polar surface area (TPSA) is 55.4 Å². The first-order chi connectivity index (χ1) is 9.78. The molecule has 21 heavy (non-hydrogen) atoms. The summed E-state index contributed by atoms with van der Waals surface area (Å²) in [5, 5.41) is 0. The Morgan fingerprint density at radius 3 is 0.905 bits per heavy atom. The normalized spacial score (nSPS) is 14.5. The van der Waals surface area contributed by atoms with Crippen molar-refractivity contribution in [2.75, 3.05) is 42.7 Å². The first kappa shape index (κ1) is 20.9. The monoisotopic (exact) mass is 352 g/mol. The lowest BCUT2D eigenvalue weighted by molar-refractivity contribution is 0.138. The highest BCUT2D eigenvalue weighted by Gasteiger charge is 2.37. The third-order valence-electron chi connectivity index (χ3n) is 3.14. The lowest BCUT2D eigenvalue weighted by Gasteiger charge is -2.24. The zero-order valence-corrected chi connectivity index (χ0v) is 17.3. The van der Waals surface area contributed by atoms with Crippen molar-refractivity contribution in [1.82, 2.24) is 0 Å². The fraction of sp³-hybridized carbons (Fsp3) is 0.667. The molecule has 0 rings (SSSR count). The van der Waals surface area contributed by atoms with E-state index in [-0.39, 0.29) is 0 Å². The third-order valence-corrected chi connectivity index (χ3v) is 10.4. The summed E-state index contributed by atoms with van der Waals surface area (Å²) in [6.07, 6.45) is 0. The standard InChI is InChI=1S/C12H28O6Si3/c1-13-20(14-2,15-3)11-9-19(7,8)10-12-21(16-4,17-5)18-6/h9-12H,1-8H3. The summed E-state index contributed by atoms with van der Waals surface area (Å²) in [4.78, 5) is 0. The van der Waals surface area contributed by atoms with Crippen LogP contribution in [0.15, 0.2) is 22.8 Å². The van der Waals surface area contributed by atoms with Crippen LogP contribution in [0, 0.1) is 0 Å². The summed E-state index contributed by atoms with van der Waals surface area (Å²) >= 11 is 0. The Labute approximate surface area is 131 Å². The lowest BCUT2D eigenvalue weighted by Crippen LogP contribution is -2.43. The van der Waals surface area contributed by atoms with Crippen molar-refractivity contribution >= 4 is 25.7 Å². The van der Waals surface area contributed by atoms with E-state index in [4.69, 9.17) is 26.6 Å². The van der Waals surface area contributed by atoms with E-state index in [0.717, 1.165) is 0 Å². The van der Waals surface area contributed by atoms with Crippen LogP contribution in [0.5, 0.6) is 0 Å². The van der Waals surface area contributed by atoms with E-state index in [1.807, 2.05) is 11.4 Å². The molecule has 0 aliphatic rings. The van der Waals surface area contributed by atoms with Crippen LogP contribution in [0.4, 0.5) is 0 Å². The van der Waals surface area contributed by atoms with Crippen LogP contribution < -0.4 is 0 Å². The first-order valence-electron chi connectivity index (χ1n) is 6.50. The molecule has 6 nitrogen and oxygen atoms in total. The second-order valence-corrected chi connectivity index (χ2v) is 14.8. The minimum absolute atomic E-state index is 1.59. The molecule has 0 radical (unpaired) electrons. The summed E-state index contributed by atoms with van der Waals surface area (Å²) in [6.45, 7) is 4.36. The summed E-state index contributed by atoms with van der Waals surface area (Å²) in [5.74, 6) is 0. The summed E-state index contributed by atoms with van der Waals surface area (Å²) in [7, 11) is 2.37. The summed E-state index contributed by atoms with van der Waals surface area (Å²) < 4.78 is 32.3. The zero-order valence-electron chi connectivity index (χ0n) is 14.3. The minimum Gasteiger partial charge on any atom is -0.374 e. The van der Waals surface area contributed by atoms with Gasteiger partial charge in [-0.3, -0.25) is 0 Å². The Kier molecular flexibility index (Phi) is 9.08. The van der Waals surface area contributed by atoms with Gasteiger partial charge in [0.1, 0.15) is 0 Å². The predicted octanol–water partition coefficient (Wildman–Crippen LogP) is 1.72. The maximum Gasteiger partial charge on any atom is 0.528 e. The van der Waals surface area contributed by atoms with Crippen molar-refractivity contribution < 1.29 is 26.6 Å². The molecule has 0 saturated carbocycles. The highest BCUT2D eigenvalue weighted by molar-refractivity contribution is 6.89. The second kappa shape index (κ2) is 9.12. The van der Waals surface area contributed by atoms with Crippen molar-refractivity contribution in [3.05, 3.63) is 22.8 Å². The number of rotatable bonds is 10. The highest BCUT2D eigenvalue weighted by Crippen LogP contribution is 2.15. The smallest absolute Gasteiger partial charge is 0.374 e. The van der Waals surface area contributed by atoms with Gasteiger partial charge in [-0.05, 0) is 11.4 Å². The van der Waals surface area contributed by atoms with Crippen LogP contribution in [0.1, 0.15) is 0 Å². The van der Waals surface area contributed by atoms with Gasteiger partial charge in [0, 0.05) is 42.7 Å². The maximum absolute atomic E-state index is 5.38.